The smallest absolute Gasteiger partial charge is 0.220 e. The average molecular weight is 322 g/mol. The van der Waals surface area contributed by atoms with Gasteiger partial charge in [0.05, 0.1) is 0 Å². The van der Waals surface area contributed by atoms with Gasteiger partial charge in [-0.15, -0.1) is 24.8 Å². The van der Waals surface area contributed by atoms with Crippen LogP contribution >= 0.6 is 24.8 Å². The molecule has 0 radical (unpaired) electrons. The molecular formula is C14H25Cl2N3O. The molecule has 1 aromatic rings. The monoisotopic (exact) mass is 321 g/mol. The van der Waals surface area contributed by atoms with E-state index in [4.69, 9.17) is 5.73 Å². The summed E-state index contributed by atoms with van der Waals surface area (Å²) in [6, 6.07) is 3.99. The summed E-state index contributed by atoms with van der Waals surface area (Å²) in [5, 5.41) is 2.98. The molecule has 116 valence electrons. The zero-order valence-electron chi connectivity index (χ0n) is 12.0. The topological polar surface area (TPSA) is 68.0 Å². The molecule has 1 aromatic heterocycles. The first-order chi connectivity index (χ1) is 8.65. The molecule has 0 aliphatic heterocycles. The van der Waals surface area contributed by atoms with Crippen molar-refractivity contribution in [2.45, 2.75) is 32.6 Å². The van der Waals surface area contributed by atoms with Gasteiger partial charge in [0.1, 0.15) is 0 Å². The predicted molar refractivity (Wildman–Crippen MR) is 87.6 cm³/mol. The second kappa shape index (κ2) is 11.9. The van der Waals surface area contributed by atoms with Gasteiger partial charge in [-0.2, -0.15) is 0 Å². The number of pyridine rings is 1. The minimum absolute atomic E-state index is 0. The molecule has 20 heavy (non-hydrogen) atoms. The van der Waals surface area contributed by atoms with Crippen molar-refractivity contribution in [3.8, 4) is 0 Å². The third kappa shape index (κ3) is 7.68. The molecule has 1 amide bonds. The SMILES string of the molecule is CC(C)C(CNC(=O)CCCN)c1cccnc1.Cl.Cl. The van der Waals surface area contributed by atoms with Crippen molar-refractivity contribution in [2.24, 2.45) is 11.7 Å². The Morgan fingerprint density at radius 1 is 1.40 bits per heavy atom. The molecule has 1 atom stereocenters. The number of amides is 1. The van der Waals surface area contributed by atoms with Crippen LogP contribution in [0, 0.1) is 5.92 Å². The summed E-state index contributed by atoms with van der Waals surface area (Å²) < 4.78 is 0. The normalized spacial score (nSPS) is 11.2. The quantitative estimate of drug-likeness (QED) is 0.810. The van der Waals surface area contributed by atoms with Gasteiger partial charge in [0.25, 0.3) is 0 Å². The molecular weight excluding hydrogens is 297 g/mol. The van der Waals surface area contributed by atoms with Crippen LogP contribution in [0.25, 0.3) is 0 Å². The summed E-state index contributed by atoms with van der Waals surface area (Å²) >= 11 is 0. The summed E-state index contributed by atoms with van der Waals surface area (Å²) in [5.41, 5.74) is 6.56. The molecule has 0 bridgehead atoms. The van der Waals surface area contributed by atoms with Crippen LogP contribution in [-0.4, -0.2) is 24.0 Å². The van der Waals surface area contributed by atoms with E-state index in [1.807, 2.05) is 12.3 Å². The molecule has 0 fully saturated rings. The molecule has 4 nitrogen and oxygen atoms in total. The fourth-order valence-corrected chi connectivity index (χ4v) is 1.91. The van der Waals surface area contributed by atoms with Gasteiger partial charge in [-0.3, -0.25) is 9.78 Å². The lowest BCUT2D eigenvalue weighted by atomic mass is 9.89. The highest BCUT2D eigenvalue weighted by Gasteiger charge is 2.16. The highest BCUT2D eigenvalue weighted by atomic mass is 35.5. The molecule has 3 N–H and O–H groups in total. The standard InChI is InChI=1S/C14H23N3O.2ClH/c1-11(2)13(12-5-4-8-16-9-12)10-17-14(18)6-3-7-15;;/h4-5,8-9,11,13H,3,6-7,10,15H2,1-2H3,(H,17,18);2*1H. The van der Waals surface area contributed by atoms with Crippen LogP contribution in [0.3, 0.4) is 0 Å². The van der Waals surface area contributed by atoms with Gasteiger partial charge in [0.15, 0.2) is 0 Å². The van der Waals surface area contributed by atoms with E-state index in [0.717, 1.165) is 6.42 Å². The predicted octanol–water partition coefficient (Wildman–Crippen LogP) is 2.52. The van der Waals surface area contributed by atoms with Crippen LogP contribution in [-0.2, 0) is 4.79 Å². The van der Waals surface area contributed by atoms with Crippen molar-refractivity contribution in [2.75, 3.05) is 13.1 Å². The fourth-order valence-electron chi connectivity index (χ4n) is 1.91. The van der Waals surface area contributed by atoms with E-state index in [1.54, 1.807) is 6.20 Å². The summed E-state index contributed by atoms with van der Waals surface area (Å²) in [6.45, 7) is 5.53. The number of hydrogen-bond donors (Lipinski definition) is 2. The Morgan fingerprint density at radius 2 is 2.10 bits per heavy atom. The van der Waals surface area contributed by atoms with Crippen molar-refractivity contribution >= 4 is 30.7 Å². The van der Waals surface area contributed by atoms with Crippen LogP contribution in [0.15, 0.2) is 24.5 Å². The molecule has 1 rings (SSSR count). The Kier molecular flexibility index (Phi) is 12.8. The fraction of sp³-hybridized carbons (Fsp3) is 0.571. The minimum Gasteiger partial charge on any atom is -0.355 e. The maximum absolute atomic E-state index is 11.6. The lowest BCUT2D eigenvalue weighted by Crippen LogP contribution is -2.30. The molecule has 0 saturated heterocycles. The van der Waals surface area contributed by atoms with E-state index in [-0.39, 0.29) is 30.7 Å². The van der Waals surface area contributed by atoms with Gasteiger partial charge in [-0.05, 0) is 30.5 Å². The third-order valence-corrected chi connectivity index (χ3v) is 3.04. The summed E-state index contributed by atoms with van der Waals surface area (Å²) in [6.07, 6.45) is 4.89. The number of nitrogens with one attached hydrogen (secondary N) is 1. The largest absolute Gasteiger partial charge is 0.355 e. The van der Waals surface area contributed by atoms with Gasteiger partial charge >= 0.3 is 0 Å². The highest BCUT2D eigenvalue weighted by Crippen LogP contribution is 2.22. The number of halogens is 2. The van der Waals surface area contributed by atoms with E-state index in [2.05, 4.69) is 30.2 Å². The van der Waals surface area contributed by atoms with E-state index in [9.17, 15) is 4.79 Å². The van der Waals surface area contributed by atoms with Crippen LogP contribution in [0.5, 0.6) is 0 Å². The van der Waals surface area contributed by atoms with Crippen LogP contribution in [0.1, 0.15) is 38.2 Å². The molecule has 1 unspecified atom stereocenters. The number of hydrogen-bond acceptors (Lipinski definition) is 3. The maximum atomic E-state index is 11.6. The first kappa shape index (κ1) is 21.5. The molecule has 0 spiro atoms. The lowest BCUT2D eigenvalue weighted by molar-refractivity contribution is -0.121. The van der Waals surface area contributed by atoms with E-state index >= 15 is 0 Å². The zero-order valence-corrected chi connectivity index (χ0v) is 13.7. The number of carbonyl (C=O) groups excluding carboxylic acids is 1. The van der Waals surface area contributed by atoms with Crippen LogP contribution < -0.4 is 11.1 Å². The third-order valence-electron chi connectivity index (χ3n) is 3.04. The molecule has 0 aliphatic carbocycles. The van der Waals surface area contributed by atoms with Crippen molar-refractivity contribution in [1.29, 1.82) is 0 Å². The first-order valence-electron chi connectivity index (χ1n) is 6.51. The van der Waals surface area contributed by atoms with Gasteiger partial charge in [-0.25, -0.2) is 0 Å². The number of rotatable bonds is 7. The van der Waals surface area contributed by atoms with Crippen molar-refractivity contribution in [3.05, 3.63) is 30.1 Å². The zero-order chi connectivity index (χ0) is 13.4. The Bertz CT molecular complexity index is 361. The van der Waals surface area contributed by atoms with Crippen molar-refractivity contribution < 1.29 is 4.79 Å². The summed E-state index contributed by atoms with van der Waals surface area (Å²) in [4.78, 5) is 15.7. The van der Waals surface area contributed by atoms with Gasteiger partial charge in [0, 0.05) is 31.3 Å². The van der Waals surface area contributed by atoms with Crippen LogP contribution in [0.2, 0.25) is 0 Å². The summed E-state index contributed by atoms with van der Waals surface area (Å²) in [5.74, 6) is 0.847. The molecule has 1 heterocycles. The second-order valence-electron chi connectivity index (χ2n) is 4.83. The molecule has 0 aromatic carbocycles. The number of carbonyl (C=O) groups is 1. The van der Waals surface area contributed by atoms with Gasteiger partial charge < -0.3 is 11.1 Å². The van der Waals surface area contributed by atoms with E-state index in [1.165, 1.54) is 5.56 Å². The Morgan fingerprint density at radius 3 is 2.60 bits per heavy atom. The first-order valence-corrected chi connectivity index (χ1v) is 6.51. The maximum Gasteiger partial charge on any atom is 0.220 e. The highest BCUT2D eigenvalue weighted by molar-refractivity contribution is 5.85. The van der Waals surface area contributed by atoms with Crippen molar-refractivity contribution in [3.63, 3.8) is 0 Å². The molecule has 0 aliphatic rings. The Hall–Kier alpha value is -0.840. The number of nitrogens with zero attached hydrogens (tertiary/aromatic N) is 1. The van der Waals surface area contributed by atoms with Crippen molar-refractivity contribution in [1.82, 2.24) is 10.3 Å². The Labute approximate surface area is 133 Å². The average Bonchev–Trinajstić information content (AvgIpc) is 2.37. The molecule has 6 heteroatoms. The Balaban J connectivity index is 0. The van der Waals surface area contributed by atoms with Gasteiger partial charge in [0.2, 0.25) is 5.91 Å². The lowest BCUT2D eigenvalue weighted by Gasteiger charge is -2.21. The minimum atomic E-state index is 0. The van der Waals surface area contributed by atoms with Crippen LogP contribution in [0.4, 0.5) is 0 Å². The van der Waals surface area contributed by atoms with Gasteiger partial charge in [-0.1, -0.05) is 19.9 Å². The molecule has 0 saturated carbocycles. The summed E-state index contributed by atoms with van der Waals surface area (Å²) in [7, 11) is 0. The second-order valence-corrected chi connectivity index (χ2v) is 4.83. The van der Waals surface area contributed by atoms with E-state index < -0.39 is 0 Å². The number of aromatic nitrogens is 1. The number of nitrogens with two attached hydrogens (primary N) is 1. The van der Waals surface area contributed by atoms with E-state index in [0.29, 0.717) is 31.3 Å².